The van der Waals surface area contributed by atoms with Crippen molar-refractivity contribution in [1.82, 2.24) is 0 Å². The third kappa shape index (κ3) is 1.84. The fraction of sp³-hybridized carbons (Fsp3) is 0.300. The average Bonchev–Trinajstić information content (AvgIpc) is 2.27. The van der Waals surface area contributed by atoms with Crippen LogP contribution in [0.5, 0.6) is 5.75 Å². The Labute approximate surface area is 105 Å². The molecule has 0 radical (unpaired) electrons. The van der Waals surface area contributed by atoms with Crippen LogP contribution in [0.2, 0.25) is 0 Å². The van der Waals surface area contributed by atoms with Crippen molar-refractivity contribution in [2.24, 2.45) is 0 Å². The summed E-state index contributed by atoms with van der Waals surface area (Å²) in [4.78, 5) is 11.1. The normalized spacial score (nSPS) is 22.8. The van der Waals surface area contributed by atoms with Crippen molar-refractivity contribution >= 4 is 23.4 Å². The number of amides is 1. The molecule has 1 atom stereocenters. The third-order valence-electron chi connectivity index (χ3n) is 2.41. The molecule has 1 heterocycles. The van der Waals surface area contributed by atoms with E-state index in [1.807, 2.05) is 0 Å². The second-order valence-electron chi connectivity index (χ2n) is 3.52. The van der Waals surface area contributed by atoms with Crippen LogP contribution in [0.4, 0.5) is 23.7 Å². The molecule has 1 aliphatic rings. The first-order valence-electron chi connectivity index (χ1n) is 4.72. The van der Waals surface area contributed by atoms with Gasteiger partial charge in [0, 0.05) is 5.56 Å². The molecule has 1 amide bonds. The van der Waals surface area contributed by atoms with Crippen LogP contribution in [0.25, 0.3) is 0 Å². The standard InChI is InChI=1S/C10H7ClF3NO3/c1-17-5-2-3-7-6(4-5)9(11,10(12,13)14)18-8(16)15-7/h2-4H,1H3,(H,15,16). The molecular formula is C10H7ClF3NO3. The number of fused-ring (bicyclic) bond motifs is 1. The number of anilines is 1. The molecule has 1 N–H and O–H groups in total. The van der Waals surface area contributed by atoms with Crippen molar-refractivity contribution in [2.75, 3.05) is 12.4 Å². The molecule has 0 saturated carbocycles. The summed E-state index contributed by atoms with van der Waals surface area (Å²) in [6.45, 7) is 0. The van der Waals surface area contributed by atoms with E-state index in [9.17, 15) is 18.0 Å². The van der Waals surface area contributed by atoms with Crippen molar-refractivity contribution in [1.29, 1.82) is 0 Å². The number of hydrogen-bond acceptors (Lipinski definition) is 3. The van der Waals surface area contributed by atoms with E-state index in [2.05, 4.69) is 10.1 Å². The summed E-state index contributed by atoms with van der Waals surface area (Å²) in [6.07, 6.45) is -6.21. The number of hydrogen-bond donors (Lipinski definition) is 1. The van der Waals surface area contributed by atoms with Crippen molar-refractivity contribution in [3.8, 4) is 5.75 Å². The smallest absolute Gasteiger partial charge is 0.448 e. The van der Waals surface area contributed by atoms with Crippen molar-refractivity contribution in [3.63, 3.8) is 0 Å². The largest absolute Gasteiger partial charge is 0.497 e. The molecule has 1 aliphatic heterocycles. The van der Waals surface area contributed by atoms with Gasteiger partial charge < -0.3 is 9.47 Å². The molecule has 4 nitrogen and oxygen atoms in total. The van der Waals surface area contributed by atoms with E-state index in [0.29, 0.717) is 0 Å². The highest BCUT2D eigenvalue weighted by atomic mass is 35.5. The predicted molar refractivity (Wildman–Crippen MR) is 56.7 cm³/mol. The molecule has 18 heavy (non-hydrogen) atoms. The zero-order valence-electron chi connectivity index (χ0n) is 8.97. The first-order chi connectivity index (χ1) is 8.28. The highest BCUT2D eigenvalue weighted by molar-refractivity contribution is 6.25. The second-order valence-corrected chi connectivity index (χ2v) is 4.05. The molecule has 0 bridgehead atoms. The van der Waals surface area contributed by atoms with E-state index in [1.54, 1.807) is 0 Å². The van der Waals surface area contributed by atoms with Gasteiger partial charge in [-0.25, -0.2) is 4.79 Å². The summed E-state index contributed by atoms with van der Waals surface area (Å²) < 4.78 is 47.8. The fourth-order valence-electron chi connectivity index (χ4n) is 1.55. The van der Waals surface area contributed by atoms with Crippen LogP contribution in [0.15, 0.2) is 18.2 Å². The SMILES string of the molecule is COc1ccc2c(c1)C(Cl)(C(F)(F)F)OC(=O)N2. The number of halogens is 4. The number of methoxy groups -OCH3 is 1. The molecule has 1 aromatic carbocycles. The fourth-order valence-corrected chi connectivity index (χ4v) is 1.78. The van der Waals surface area contributed by atoms with Crippen molar-refractivity contribution in [2.45, 2.75) is 11.2 Å². The average molecular weight is 282 g/mol. The number of rotatable bonds is 1. The number of ether oxygens (including phenoxy) is 2. The Morgan fingerprint density at radius 1 is 1.44 bits per heavy atom. The van der Waals surface area contributed by atoms with Gasteiger partial charge in [-0.05, 0) is 18.2 Å². The molecular weight excluding hydrogens is 275 g/mol. The maximum atomic E-state index is 12.9. The van der Waals surface area contributed by atoms with Crippen LogP contribution in [0, 0.1) is 0 Å². The Hall–Kier alpha value is -1.63. The predicted octanol–water partition coefficient (Wildman–Crippen LogP) is 3.21. The van der Waals surface area contributed by atoms with Gasteiger partial charge in [0.1, 0.15) is 5.75 Å². The van der Waals surface area contributed by atoms with Gasteiger partial charge in [0.15, 0.2) is 0 Å². The Bertz CT molecular complexity index is 506. The number of nitrogens with one attached hydrogen (secondary N) is 1. The lowest BCUT2D eigenvalue weighted by Gasteiger charge is -2.34. The third-order valence-corrected chi connectivity index (χ3v) is 2.90. The topological polar surface area (TPSA) is 47.6 Å². The molecule has 8 heteroatoms. The Kier molecular flexibility index (Phi) is 2.81. The first-order valence-corrected chi connectivity index (χ1v) is 5.10. The van der Waals surface area contributed by atoms with E-state index >= 15 is 0 Å². The lowest BCUT2D eigenvalue weighted by atomic mass is 10.0. The number of cyclic esters (lactones) is 1. The molecule has 98 valence electrons. The number of carbonyl (C=O) groups is 1. The molecule has 0 saturated heterocycles. The molecule has 0 aliphatic carbocycles. The van der Waals surface area contributed by atoms with Gasteiger partial charge >= 0.3 is 17.3 Å². The zero-order valence-corrected chi connectivity index (χ0v) is 9.72. The van der Waals surface area contributed by atoms with Crippen LogP contribution in [-0.2, 0) is 9.80 Å². The maximum Gasteiger partial charge on any atom is 0.448 e. The van der Waals surface area contributed by atoms with E-state index in [0.717, 1.165) is 6.07 Å². The van der Waals surface area contributed by atoms with Gasteiger partial charge in [-0.1, -0.05) is 11.6 Å². The Morgan fingerprint density at radius 3 is 2.67 bits per heavy atom. The van der Waals surface area contributed by atoms with Crippen LogP contribution in [-0.4, -0.2) is 19.4 Å². The van der Waals surface area contributed by atoms with Gasteiger partial charge in [0.25, 0.3) is 0 Å². The summed E-state index contributed by atoms with van der Waals surface area (Å²) >= 11 is 5.44. The minimum absolute atomic E-state index is 0.0700. The Morgan fingerprint density at radius 2 is 2.11 bits per heavy atom. The molecule has 0 spiro atoms. The van der Waals surface area contributed by atoms with Gasteiger partial charge in [0.2, 0.25) is 0 Å². The maximum absolute atomic E-state index is 12.9. The van der Waals surface area contributed by atoms with Crippen LogP contribution in [0.3, 0.4) is 0 Å². The monoisotopic (exact) mass is 281 g/mol. The van der Waals surface area contributed by atoms with Crippen LogP contribution >= 0.6 is 11.6 Å². The van der Waals surface area contributed by atoms with Gasteiger partial charge in [0.05, 0.1) is 12.8 Å². The van der Waals surface area contributed by atoms with Crippen LogP contribution in [0.1, 0.15) is 5.56 Å². The van der Waals surface area contributed by atoms with Gasteiger partial charge in [-0.2, -0.15) is 13.2 Å². The lowest BCUT2D eigenvalue weighted by Crippen LogP contribution is -2.46. The quantitative estimate of drug-likeness (QED) is 0.804. The second kappa shape index (κ2) is 3.94. The summed E-state index contributed by atoms with van der Waals surface area (Å²) in [5, 5.41) is -1.07. The number of alkyl halides is 4. The zero-order chi connectivity index (χ0) is 13.6. The molecule has 0 aromatic heterocycles. The van der Waals surface area contributed by atoms with E-state index in [1.165, 1.54) is 19.2 Å². The molecule has 2 rings (SSSR count). The molecule has 1 unspecified atom stereocenters. The van der Waals surface area contributed by atoms with Gasteiger partial charge in [-0.15, -0.1) is 0 Å². The first kappa shape index (κ1) is 12.8. The molecule has 0 fully saturated rings. The van der Waals surface area contributed by atoms with E-state index < -0.39 is 22.9 Å². The highest BCUT2D eigenvalue weighted by Gasteiger charge is 2.61. The van der Waals surface area contributed by atoms with Crippen molar-refractivity contribution in [3.05, 3.63) is 23.8 Å². The molecule has 1 aromatic rings. The highest BCUT2D eigenvalue weighted by Crippen LogP contribution is 2.51. The summed E-state index contributed by atoms with van der Waals surface area (Å²) in [7, 11) is 1.30. The van der Waals surface area contributed by atoms with Crippen LogP contribution < -0.4 is 10.1 Å². The lowest BCUT2D eigenvalue weighted by molar-refractivity contribution is -0.227. The summed E-state index contributed by atoms with van der Waals surface area (Å²) in [5.74, 6) is 0.169. The summed E-state index contributed by atoms with van der Waals surface area (Å²) in [6, 6.07) is 3.73. The summed E-state index contributed by atoms with van der Waals surface area (Å²) in [5.41, 5.74) is -0.491. The minimum Gasteiger partial charge on any atom is -0.497 e. The van der Waals surface area contributed by atoms with Crippen molar-refractivity contribution < 1.29 is 27.4 Å². The Balaban J connectivity index is 2.63. The number of carbonyl (C=O) groups excluding carboxylic acids is 1. The van der Waals surface area contributed by atoms with E-state index in [-0.39, 0.29) is 11.4 Å². The number of benzene rings is 1. The minimum atomic E-state index is -4.95. The van der Waals surface area contributed by atoms with Gasteiger partial charge in [-0.3, -0.25) is 5.32 Å². The van der Waals surface area contributed by atoms with E-state index in [4.69, 9.17) is 16.3 Å².